The number of carbonyl (C=O) groups excluding carboxylic acids is 1. The minimum Gasteiger partial charge on any atom is -0.378 e. The monoisotopic (exact) mass is 383 g/mol. The standard InChI is InChI=1S/C19H25N7O2/c20-18(27)26-9-7-25(8-10-26)17-5-6-21-19(23-17)22-15-3-1-2-4-16(15)24-11-13-28-14-12-24/h1-6H,7-14H2,(H2,20,27)(H,21,22,23). The molecule has 2 fully saturated rings. The first kappa shape index (κ1) is 18.3. The van der Waals surface area contributed by atoms with Crippen LogP contribution in [0.2, 0.25) is 0 Å². The first-order valence-corrected chi connectivity index (χ1v) is 9.52. The summed E-state index contributed by atoms with van der Waals surface area (Å²) in [6.45, 7) is 5.79. The van der Waals surface area contributed by atoms with Crippen LogP contribution in [0.1, 0.15) is 0 Å². The van der Waals surface area contributed by atoms with E-state index in [0.29, 0.717) is 32.1 Å². The Labute approximate surface area is 164 Å². The quantitative estimate of drug-likeness (QED) is 0.820. The lowest BCUT2D eigenvalue weighted by Crippen LogP contribution is -2.50. The topological polar surface area (TPSA) is 99.9 Å². The third-order valence-electron chi connectivity index (χ3n) is 5.06. The molecule has 0 radical (unpaired) electrons. The van der Waals surface area contributed by atoms with E-state index in [-0.39, 0.29) is 6.03 Å². The highest BCUT2D eigenvalue weighted by atomic mass is 16.5. The molecule has 0 unspecified atom stereocenters. The van der Waals surface area contributed by atoms with Gasteiger partial charge in [-0.15, -0.1) is 0 Å². The van der Waals surface area contributed by atoms with Gasteiger partial charge in [-0.2, -0.15) is 4.98 Å². The molecule has 148 valence electrons. The lowest BCUT2D eigenvalue weighted by molar-refractivity contribution is 0.123. The second-order valence-electron chi connectivity index (χ2n) is 6.79. The number of nitrogens with zero attached hydrogens (tertiary/aromatic N) is 5. The zero-order valence-electron chi connectivity index (χ0n) is 15.8. The van der Waals surface area contributed by atoms with Crippen molar-refractivity contribution in [3.05, 3.63) is 36.5 Å². The fourth-order valence-electron chi connectivity index (χ4n) is 3.52. The Hall–Kier alpha value is -3.07. The van der Waals surface area contributed by atoms with Gasteiger partial charge in [0.05, 0.1) is 24.6 Å². The summed E-state index contributed by atoms with van der Waals surface area (Å²) in [5.74, 6) is 1.39. The summed E-state index contributed by atoms with van der Waals surface area (Å²) in [4.78, 5) is 26.4. The molecule has 0 saturated carbocycles. The van der Waals surface area contributed by atoms with Crippen LogP contribution >= 0.6 is 0 Å². The first-order chi connectivity index (χ1) is 13.7. The largest absolute Gasteiger partial charge is 0.378 e. The number of primary amides is 1. The number of piperazine rings is 1. The van der Waals surface area contributed by atoms with Crippen molar-refractivity contribution < 1.29 is 9.53 Å². The van der Waals surface area contributed by atoms with E-state index in [4.69, 9.17) is 10.5 Å². The van der Waals surface area contributed by atoms with E-state index < -0.39 is 0 Å². The van der Waals surface area contributed by atoms with Gasteiger partial charge in [0, 0.05) is 45.5 Å². The molecule has 9 nitrogen and oxygen atoms in total. The van der Waals surface area contributed by atoms with Gasteiger partial charge in [0.25, 0.3) is 0 Å². The van der Waals surface area contributed by atoms with Gasteiger partial charge in [0.15, 0.2) is 0 Å². The molecule has 0 spiro atoms. The molecule has 28 heavy (non-hydrogen) atoms. The number of anilines is 4. The van der Waals surface area contributed by atoms with Crippen molar-refractivity contribution in [2.75, 3.05) is 67.6 Å². The Balaban J connectivity index is 1.48. The molecule has 2 aliphatic rings. The molecule has 2 saturated heterocycles. The maximum Gasteiger partial charge on any atom is 0.314 e. The number of aromatic nitrogens is 2. The Morgan fingerprint density at radius 2 is 1.75 bits per heavy atom. The van der Waals surface area contributed by atoms with Gasteiger partial charge in [0.1, 0.15) is 5.82 Å². The number of benzene rings is 1. The molecular formula is C19H25N7O2. The smallest absolute Gasteiger partial charge is 0.314 e. The summed E-state index contributed by atoms with van der Waals surface area (Å²) < 4.78 is 5.46. The molecule has 0 aliphatic carbocycles. The third-order valence-corrected chi connectivity index (χ3v) is 5.06. The van der Waals surface area contributed by atoms with E-state index in [1.165, 1.54) is 0 Å². The molecule has 3 heterocycles. The number of para-hydroxylation sites is 2. The second-order valence-corrected chi connectivity index (χ2v) is 6.79. The lowest BCUT2D eigenvalue weighted by Gasteiger charge is -2.34. The molecule has 0 bridgehead atoms. The van der Waals surface area contributed by atoms with Gasteiger partial charge >= 0.3 is 6.03 Å². The number of nitrogens with two attached hydrogens (primary N) is 1. The molecular weight excluding hydrogens is 358 g/mol. The van der Waals surface area contributed by atoms with E-state index >= 15 is 0 Å². The van der Waals surface area contributed by atoms with Gasteiger partial charge in [-0.3, -0.25) is 0 Å². The molecule has 0 atom stereocenters. The molecule has 1 aromatic heterocycles. The number of hydrogen-bond donors (Lipinski definition) is 2. The maximum atomic E-state index is 11.3. The van der Waals surface area contributed by atoms with Crippen molar-refractivity contribution in [1.82, 2.24) is 14.9 Å². The third kappa shape index (κ3) is 4.09. The zero-order valence-corrected chi connectivity index (χ0v) is 15.8. The van der Waals surface area contributed by atoms with Crippen LogP contribution < -0.4 is 20.9 Å². The van der Waals surface area contributed by atoms with Crippen LogP contribution in [0.25, 0.3) is 0 Å². The number of rotatable bonds is 4. The number of carbonyl (C=O) groups is 1. The fourth-order valence-corrected chi connectivity index (χ4v) is 3.52. The average Bonchev–Trinajstić information content (AvgIpc) is 2.75. The fraction of sp³-hybridized carbons (Fsp3) is 0.421. The van der Waals surface area contributed by atoms with Crippen LogP contribution in [0.3, 0.4) is 0 Å². The molecule has 2 amide bonds. The highest BCUT2D eigenvalue weighted by Gasteiger charge is 2.21. The van der Waals surface area contributed by atoms with Crippen LogP contribution in [0, 0.1) is 0 Å². The summed E-state index contributed by atoms with van der Waals surface area (Å²) in [7, 11) is 0. The Bertz CT molecular complexity index is 817. The van der Waals surface area contributed by atoms with Crippen molar-refractivity contribution in [2.45, 2.75) is 0 Å². The summed E-state index contributed by atoms with van der Waals surface area (Å²) >= 11 is 0. The number of amides is 2. The van der Waals surface area contributed by atoms with E-state index in [2.05, 4.69) is 31.2 Å². The lowest BCUT2D eigenvalue weighted by atomic mass is 10.2. The van der Waals surface area contributed by atoms with E-state index in [1.807, 2.05) is 24.3 Å². The van der Waals surface area contributed by atoms with Crippen molar-refractivity contribution in [3.8, 4) is 0 Å². The van der Waals surface area contributed by atoms with Crippen LogP contribution in [-0.4, -0.2) is 73.4 Å². The number of morpholine rings is 1. The van der Waals surface area contributed by atoms with E-state index in [9.17, 15) is 4.79 Å². The number of ether oxygens (including phenoxy) is 1. The van der Waals surface area contributed by atoms with E-state index in [0.717, 1.165) is 43.5 Å². The molecule has 4 rings (SSSR count). The summed E-state index contributed by atoms with van der Waals surface area (Å²) in [6.07, 6.45) is 1.75. The van der Waals surface area contributed by atoms with Crippen LogP contribution in [0.4, 0.5) is 27.9 Å². The van der Waals surface area contributed by atoms with Crippen LogP contribution in [0.5, 0.6) is 0 Å². The normalized spacial score (nSPS) is 17.5. The van der Waals surface area contributed by atoms with Crippen molar-refractivity contribution >= 4 is 29.2 Å². The molecule has 9 heteroatoms. The van der Waals surface area contributed by atoms with Gasteiger partial charge in [0.2, 0.25) is 5.95 Å². The van der Waals surface area contributed by atoms with Gasteiger partial charge in [-0.05, 0) is 18.2 Å². The van der Waals surface area contributed by atoms with Gasteiger partial charge in [-0.25, -0.2) is 9.78 Å². The van der Waals surface area contributed by atoms with Crippen molar-refractivity contribution in [2.24, 2.45) is 5.73 Å². The van der Waals surface area contributed by atoms with Gasteiger partial charge in [-0.1, -0.05) is 12.1 Å². The molecule has 2 aromatic rings. The van der Waals surface area contributed by atoms with E-state index in [1.54, 1.807) is 11.1 Å². The predicted molar refractivity (Wildman–Crippen MR) is 108 cm³/mol. The second kappa shape index (κ2) is 8.30. The molecule has 2 aliphatic heterocycles. The summed E-state index contributed by atoms with van der Waals surface area (Å²) in [5, 5.41) is 3.36. The first-order valence-electron chi connectivity index (χ1n) is 9.52. The summed E-state index contributed by atoms with van der Waals surface area (Å²) in [5.41, 5.74) is 7.45. The Kier molecular flexibility index (Phi) is 5.43. The zero-order chi connectivity index (χ0) is 19.3. The van der Waals surface area contributed by atoms with Crippen LogP contribution in [-0.2, 0) is 4.74 Å². The highest BCUT2D eigenvalue weighted by Crippen LogP contribution is 2.28. The van der Waals surface area contributed by atoms with Gasteiger partial charge < -0.3 is 30.5 Å². The predicted octanol–water partition coefficient (Wildman–Crippen LogP) is 1.26. The average molecular weight is 383 g/mol. The van der Waals surface area contributed by atoms with Crippen LogP contribution in [0.15, 0.2) is 36.5 Å². The van der Waals surface area contributed by atoms with Crippen molar-refractivity contribution in [3.63, 3.8) is 0 Å². The summed E-state index contributed by atoms with van der Waals surface area (Å²) in [6, 6.07) is 9.68. The number of nitrogens with one attached hydrogen (secondary N) is 1. The SMILES string of the molecule is NC(=O)N1CCN(c2ccnc(Nc3ccccc3N3CCOCC3)n2)CC1. The molecule has 3 N–H and O–H groups in total. The maximum absolute atomic E-state index is 11.3. The number of hydrogen-bond acceptors (Lipinski definition) is 7. The Morgan fingerprint density at radius 3 is 2.50 bits per heavy atom. The minimum absolute atomic E-state index is 0.371. The minimum atomic E-state index is -0.371. The Morgan fingerprint density at radius 1 is 1.00 bits per heavy atom. The number of urea groups is 1. The van der Waals surface area contributed by atoms with Crippen molar-refractivity contribution in [1.29, 1.82) is 0 Å². The molecule has 1 aromatic carbocycles. The highest BCUT2D eigenvalue weighted by molar-refractivity contribution is 5.74.